The number of aromatic nitrogens is 1. The molecule has 0 radical (unpaired) electrons. The maximum absolute atomic E-state index is 5.50. The van der Waals surface area contributed by atoms with Gasteiger partial charge in [0, 0.05) is 324 Å². The van der Waals surface area contributed by atoms with Gasteiger partial charge < -0.3 is 10.7 Å². The molecule has 0 bridgehead atoms. The Bertz CT molecular complexity index is 2640. The van der Waals surface area contributed by atoms with Crippen molar-refractivity contribution in [1.29, 1.82) is 0 Å². The van der Waals surface area contributed by atoms with Crippen molar-refractivity contribution in [2.24, 2.45) is 5.73 Å². The number of hydrogen-bond donors (Lipinski definition) is 2. The summed E-state index contributed by atoms with van der Waals surface area (Å²) in [7, 11) is 56.4. The maximum Gasteiger partial charge on any atom is 0.0456 e. The monoisotopic (exact) mass is 1250 g/mol. The van der Waals surface area contributed by atoms with Crippen molar-refractivity contribution in [3.63, 3.8) is 0 Å². The molecule has 0 aliphatic heterocycles. The number of benzene rings is 1. The molecule has 2 nitrogen and oxygen atoms in total. The van der Waals surface area contributed by atoms with E-state index in [-0.39, 0.29) is 0 Å². The van der Waals surface area contributed by atoms with Gasteiger partial charge in [-0.25, -0.2) is 0 Å². The Hall–Kier alpha value is 6.20. The van der Waals surface area contributed by atoms with E-state index in [1.807, 2.05) is 172 Å². The molecule has 1 aromatic carbocycles. The number of nitrogens with two attached hydrogens (primary N) is 1. The number of nitrogens with one attached hydrogen (secondary N) is 1. The summed E-state index contributed by atoms with van der Waals surface area (Å²) in [5.74, 6) is 0. The lowest BCUT2D eigenvalue weighted by Crippen LogP contribution is -2.01. The van der Waals surface area contributed by atoms with E-state index in [1.165, 1.54) is 34.2 Å². The molecule has 1 aromatic heterocycles. The lowest BCUT2D eigenvalue weighted by Gasteiger charge is -1.93. The first-order valence-corrected chi connectivity index (χ1v) is 53.7. The third kappa shape index (κ3) is 33.5. The molecule has 0 atom stereocenters. The summed E-state index contributed by atoms with van der Waals surface area (Å²) >= 11 is 9.59. The van der Waals surface area contributed by atoms with Crippen molar-refractivity contribution >= 4 is 317 Å². The lowest BCUT2D eigenvalue weighted by atomic mass is 10.1. The molecule has 0 fully saturated rings. The van der Waals surface area contributed by atoms with Crippen molar-refractivity contribution in [3.8, 4) is 0 Å². The number of fused-ring (bicyclic) bond motifs is 1. The number of hydrogen-bond acceptors (Lipinski definition) is 3. The molecule has 2 aromatic rings. The minimum absolute atomic E-state index is 0.710. The summed E-state index contributed by atoms with van der Waals surface area (Å²) in [6, 6.07) is 8.29. The van der Waals surface area contributed by atoms with Crippen LogP contribution in [0.1, 0.15) is 5.56 Å². The molecule has 36 heteroatoms. The maximum atomic E-state index is 5.50. The number of H-pyrrole nitrogens is 1. The molecule has 0 unspecified atom stereocenters. The molecule has 2 rings (SSSR count). The van der Waals surface area contributed by atoms with Crippen molar-refractivity contribution in [2.75, 3.05) is 6.54 Å². The average Bonchev–Trinajstić information content (AvgIpc) is 3.49. The number of para-hydroxylation sites is 1. The second-order valence-electron chi connectivity index (χ2n) is 5.08. The van der Waals surface area contributed by atoms with E-state index in [9.17, 15) is 0 Å². The third-order valence-electron chi connectivity index (χ3n) is 2.95. The molecular weight excluding hydrogens is 1240 g/mol. The molecule has 266 valence electrons. The van der Waals surface area contributed by atoms with Gasteiger partial charge >= 0.3 is 0 Å². The predicted octanol–water partition coefficient (Wildman–Crippen LogP) is 1.59. The zero-order chi connectivity index (χ0) is 33.0. The Morgan fingerprint density at radius 2 is 0.717 bits per heavy atom. The summed E-state index contributed by atoms with van der Waals surface area (Å²) < 4.78 is 0. The largest absolute Gasteiger partial charge is 0.361 e. The molecule has 3 N–H and O–H groups in total. The fourth-order valence-electron chi connectivity index (χ4n) is 1.83. The molecule has 1 heterocycles. The van der Waals surface area contributed by atoms with E-state index in [0.29, 0.717) is 6.54 Å². The normalized spacial score (nSPS) is 8.46. The quantitative estimate of drug-likeness (QED) is 0.481. The fraction of sp³-hybridized carbons (Fsp3) is 0.200. The van der Waals surface area contributed by atoms with Gasteiger partial charge in [0.2, 0.25) is 0 Å². The van der Waals surface area contributed by atoms with Gasteiger partial charge in [-0.15, -0.1) is 0 Å². The third-order valence-corrected chi connectivity index (χ3v) is 71.8. The minimum Gasteiger partial charge on any atom is -0.361 e. The van der Waals surface area contributed by atoms with Crippen molar-refractivity contribution in [2.45, 2.75) is 6.42 Å². The van der Waals surface area contributed by atoms with Crippen LogP contribution in [0.5, 0.6) is 0 Å². The van der Waals surface area contributed by atoms with Crippen LogP contribution in [0.3, 0.4) is 0 Å². The van der Waals surface area contributed by atoms with E-state index in [0.717, 1.165) is 6.42 Å². The molecule has 0 spiro atoms. The van der Waals surface area contributed by atoms with Crippen molar-refractivity contribution < 1.29 is 0 Å². The summed E-state index contributed by atoms with van der Waals surface area (Å²) in [6.45, 7) is 0.710. The van der Waals surface area contributed by atoms with Gasteiger partial charge in [-0.05, 0) is 24.6 Å². The van der Waals surface area contributed by atoms with Crippen LogP contribution in [0.4, 0.5) is 0 Å². The number of rotatable bonds is 2. The summed E-state index contributed by atoms with van der Waals surface area (Å²) in [4.78, 5) is 3.22. The van der Waals surface area contributed by atoms with Gasteiger partial charge in [0.25, 0.3) is 0 Å². The Morgan fingerprint density at radius 3 is 1.00 bits per heavy atom. The van der Waals surface area contributed by atoms with Crippen LogP contribution in [0.2, 0.25) is 0 Å². The summed E-state index contributed by atoms with van der Waals surface area (Å²) in [6.07, 6.45) is 2.99. The molecule has 0 aliphatic carbocycles. The summed E-state index contributed by atoms with van der Waals surface area (Å²) in [5, 5.41) is 1.29. The van der Waals surface area contributed by atoms with Crippen LogP contribution < -0.4 is 5.73 Å². The van der Waals surface area contributed by atoms with Gasteiger partial charge in [-0.1, -0.05) is 18.2 Å². The SMILES string of the molecule is NCCc1c[nH]c2ccccc12.S=S=S=S=S=S=S=S=S=S=S=S=S=S=S=S=S=S=S=S=S=S=S=S=S=S=S=S=S=S=S=S=S=S. The van der Waals surface area contributed by atoms with Crippen LogP contribution in [-0.4, -0.2) is 11.5 Å². The Balaban J connectivity index is 0.000000720. The first-order chi connectivity index (χ1) is 22.8. The molecule has 0 aliphatic rings. The molecule has 0 saturated heterocycles. The van der Waals surface area contributed by atoms with Crippen LogP contribution >= 0.6 is 0 Å². The van der Waals surface area contributed by atoms with Gasteiger partial charge in [0.15, 0.2) is 0 Å². The lowest BCUT2D eigenvalue weighted by molar-refractivity contribution is 0.976. The van der Waals surface area contributed by atoms with Gasteiger partial charge in [-0.2, -0.15) is 0 Å². The Kier molecular flexibility index (Phi) is 46.2. The predicted molar refractivity (Wildman–Crippen MR) is 301 cm³/mol. The van der Waals surface area contributed by atoms with Crippen LogP contribution in [-0.2, 0) is 313 Å². The molecule has 0 amide bonds. The van der Waals surface area contributed by atoms with E-state index in [2.05, 4.69) is 23.2 Å². The van der Waals surface area contributed by atoms with Crippen LogP contribution in [0, 0.1) is 0 Å². The topological polar surface area (TPSA) is 41.8 Å². The van der Waals surface area contributed by atoms with E-state index in [4.69, 9.17) is 28.1 Å². The smallest absolute Gasteiger partial charge is 0.0456 e. The highest BCUT2D eigenvalue weighted by Gasteiger charge is 1.99. The fourth-order valence-corrected chi connectivity index (χ4v) is 84.2. The zero-order valence-corrected chi connectivity index (χ0v) is 48.5. The average molecular weight is 1250 g/mol. The second kappa shape index (κ2) is 42.3. The van der Waals surface area contributed by atoms with Crippen LogP contribution in [0.25, 0.3) is 10.9 Å². The Morgan fingerprint density at radius 1 is 0.435 bits per heavy atom. The number of aromatic amines is 1. The first-order valence-electron chi connectivity index (χ1n) is 9.67. The molecular formula is C10H12N2S34. The Labute approximate surface area is 368 Å². The standard InChI is InChI=1S/C10H12N2.S34/c11-6-5-8-7-12-10-4-2-1-3-9(8)10;1-3-5-7-9-11-13-15-17-19-21-23-25-27-29-31-33-34-32-30-28-26-24-22-20-18-16-14-12-10-8-6-4-2/h1-4,7,12H,5-6,11H2;. The highest BCUT2D eigenvalue weighted by atomic mass is 33.5. The molecule has 0 saturated carbocycles. The highest BCUT2D eigenvalue weighted by Crippen LogP contribution is 2.17. The highest BCUT2D eigenvalue weighted by molar-refractivity contribution is 8.80. The van der Waals surface area contributed by atoms with E-state index >= 15 is 0 Å². The minimum atomic E-state index is 0.710. The second-order valence-corrected chi connectivity index (χ2v) is 61.7. The zero-order valence-electron chi connectivity index (χ0n) is 20.8. The van der Waals surface area contributed by atoms with Gasteiger partial charge in [0.05, 0.1) is 0 Å². The van der Waals surface area contributed by atoms with Gasteiger partial charge in [-0.3, -0.25) is 0 Å². The first kappa shape index (κ1) is 50.2. The van der Waals surface area contributed by atoms with Crippen molar-refractivity contribution in [3.05, 3.63) is 36.0 Å². The van der Waals surface area contributed by atoms with E-state index < -0.39 is 0 Å². The molecule has 46 heavy (non-hydrogen) atoms. The van der Waals surface area contributed by atoms with Gasteiger partial charge in [0.1, 0.15) is 0 Å². The van der Waals surface area contributed by atoms with E-state index in [1.54, 1.807) is 107 Å². The van der Waals surface area contributed by atoms with Crippen LogP contribution in [0.15, 0.2) is 30.5 Å². The van der Waals surface area contributed by atoms with Crippen molar-refractivity contribution in [1.82, 2.24) is 4.98 Å². The summed E-state index contributed by atoms with van der Waals surface area (Å²) in [5.41, 5.74) is 8.01.